The second-order valence-corrected chi connectivity index (χ2v) is 5.76. The van der Waals surface area contributed by atoms with Crippen molar-refractivity contribution in [3.05, 3.63) is 48.0 Å². The van der Waals surface area contributed by atoms with E-state index in [0.717, 1.165) is 24.1 Å². The van der Waals surface area contributed by atoms with Crippen molar-refractivity contribution in [1.82, 2.24) is 0 Å². The van der Waals surface area contributed by atoms with Crippen LogP contribution in [0.5, 0.6) is 0 Å². The molecule has 4 heteroatoms. The van der Waals surface area contributed by atoms with E-state index in [1.165, 1.54) is 11.3 Å². The number of likely N-dealkylation sites (N-methyl/N-ethyl adjacent to an activating group) is 1. The van der Waals surface area contributed by atoms with Crippen LogP contribution in [0, 0.1) is 0 Å². The zero-order valence-electron chi connectivity index (χ0n) is 10.7. The highest BCUT2D eigenvalue weighted by Gasteiger charge is 2.15. The van der Waals surface area contributed by atoms with Crippen molar-refractivity contribution < 1.29 is 8.76 Å². The quantitative estimate of drug-likeness (QED) is 0.855. The van der Waals surface area contributed by atoms with Crippen LogP contribution in [-0.4, -0.2) is 22.4 Å². The van der Waals surface area contributed by atoms with E-state index in [2.05, 4.69) is 30.1 Å². The molecule has 3 nitrogen and oxygen atoms in total. The molecular formula is C15H15NO2S. The smallest absolute Gasteiger partial charge is 0.186 e. The molecule has 1 aliphatic rings. The van der Waals surface area contributed by atoms with Crippen molar-refractivity contribution in [2.45, 2.75) is 11.3 Å². The van der Waals surface area contributed by atoms with E-state index < -0.39 is 11.1 Å². The van der Waals surface area contributed by atoms with Crippen LogP contribution in [0.15, 0.2) is 47.4 Å². The zero-order chi connectivity index (χ0) is 13.4. The number of hydrogen-bond acceptors (Lipinski definition) is 2. The van der Waals surface area contributed by atoms with Gasteiger partial charge in [-0.2, -0.15) is 0 Å². The molecule has 0 saturated heterocycles. The Morgan fingerprint density at radius 3 is 2.47 bits per heavy atom. The van der Waals surface area contributed by atoms with Gasteiger partial charge in [-0.05, 0) is 47.4 Å². The van der Waals surface area contributed by atoms with Gasteiger partial charge >= 0.3 is 0 Å². The molecule has 19 heavy (non-hydrogen) atoms. The third kappa shape index (κ3) is 2.29. The first kappa shape index (κ1) is 12.4. The lowest BCUT2D eigenvalue weighted by Crippen LogP contribution is -2.12. The van der Waals surface area contributed by atoms with E-state index in [1.54, 1.807) is 12.1 Å². The number of benzene rings is 2. The molecule has 0 saturated carbocycles. The molecule has 0 aliphatic carbocycles. The Kier molecular flexibility index (Phi) is 3.12. The van der Waals surface area contributed by atoms with Gasteiger partial charge in [-0.15, -0.1) is 0 Å². The third-order valence-corrected chi connectivity index (χ3v) is 4.27. The SMILES string of the molecule is CN1CCc2cc(-c3ccc(S(=O)O)cc3)ccc21. The molecule has 1 N–H and O–H groups in total. The molecule has 0 bridgehead atoms. The molecule has 1 atom stereocenters. The van der Waals surface area contributed by atoms with Gasteiger partial charge in [0.2, 0.25) is 0 Å². The first-order valence-corrected chi connectivity index (χ1v) is 7.31. The Hall–Kier alpha value is -1.65. The summed E-state index contributed by atoms with van der Waals surface area (Å²) >= 11 is -1.90. The van der Waals surface area contributed by atoms with E-state index in [0.29, 0.717) is 4.90 Å². The van der Waals surface area contributed by atoms with Gasteiger partial charge in [-0.1, -0.05) is 18.2 Å². The first-order chi connectivity index (χ1) is 9.15. The molecule has 2 aromatic rings. The fourth-order valence-electron chi connectivity index (χ4n) is 2.51. The van der Waals surface area contributed by atoms with Crippen LogP contribution in [0.3, 0.4) is 0 Å². The van der Waals surface area contributed by atoms with E-state index in [1.807, 2.05) is 12.1 Å². The van der Waals surface area contributed by atoms with E-state index in [4.69, 9.17) is 4.55 Å². The van der Waals surface area contributed by atoms with Gasteiger partial charge in [-0.3, -0.25) is 0 Å². The minimum Gasteiger partial charge on any atom is -0.374 e. The van der Waals surface area contributed by atoms with Gasteiger partial charge in [0.25, 0.3) is 0 Å². The number of rotatable bonds is 2. The summed E-state index contributed by atoms with van der Waals surface area (Å²) < 4.78 is 20.0. The highest BCUT2D eigenvalue weighted by Crippen LogP contribution is 2.31. The average molecular weight is 273 g/mol. The Morgan fingerprint density at radius 1 is 1.11 bits per heavy atom. The van der Waals surface area contributed by atoms with Crippen LogP contribution < -0.4 is 4.90 Å². The van der Waals surface area contributed by atoms with E-state index in [-0.39, 0.29) is 0 Å². The van der Waals surface area contributed by atoms with Gasteiger partial charge < -0.3 is 9.45 Å². The standard InChI is InChI=1S/C15H15NO2S/c1-16-9-8-13-10-12(4-7-15(13)16)11-2-5-14(6-3-11)19(17)18/h2-7,10H,8-9H2,1H3,(H,17,18). The summed E-state index contributed by atoms with van der Waals surface area (Å²) in [5, 5.41) is 0. The summed E-state index contributed by atoms with van der Waals surface area (Å²) in [5.41, 5.74) is 4.91. The molecule has 0 aromatic heterocycles. The highest BCUT2D eigenvalue weighted by atomic mass is 32.2. The van der Waals surface area contributed by atoms with Gasteiger partial charge in [0, 0.05) is 19.3 Å². The Balaban J connectivity index is 1.96. The predicted molar refractivity (Wildman–Crippen MR) is 77.9 cm³/mol. The number of nitrogens with zero attached hydrogens (tertiary/aromatic N) is 1. The number of hydrogen-bond donors (Lipinski definition) is 1. The molecule has 0 fully saturated rings. The number of anilines is 1. The van der Waals surface area contributed by atoms with Gasteiger partial charge in [0.05, 0.1) is 4.90 Å². The van der Waals surface area contributed by atoms with Crippen LogP contribution in [0.1, 0.15) is 5.56 Å². The fraction of sp³-hybridized carbons (Fsp3) is 0.200. The number of fused-ring (bicyclic) bond motifs is 1. The Morgan fingerprint density at radius 2 is 1.79 bits per heavy atom. The summed E-state index contributed by atoms with van der Waals surface area (Å²) in [5.74, 6) is 0. The molecule has 1 heterocycles. The van der Waals surface area contributed by atoms with Crippen molar-refractivity contribution in [2.75, 3.05) is 18.5 Å². The second-order valence-electron chi connectivity index (χ2n) is 4.79. The third-order valence-electron chi connectivity index (χ3n) is 3.60. The largest absolute Gasteiger partial charge is 0.374 e. The second kappa shape index (κ2) is 4.79. The Labute approximate surface area is 115 Å². The minimum absolute atomic E-state index is 0.435. The lowest BCUT2D eigenvalue weighted by atomic mass is 10.0. The molecule has 0 spiro atoms. The monoisotopic (exact) mass is 273 g/mol. The zero-order valence-corrected chi connectivity index (χ0v) is 11.5. The lowest BCUT2D eigenvalue weighted by molar-refractivity contribution is 0.564. The summed E-state index contributed by atoms with van der Waals surface area (Å²) in [6.07, 6.45) is 1.08. The molecule has 1 aliphatic heterocycles. The van der Waals surface area contributed by atoms with Crippen molar-refractivity contribution in [2.24, 2.45) is 0 Å². The predicted octanol–water partition coefficient (Wildman–Crippen LogP) is 2.93. The molecule has 3 rings (SSSR count). The van der Waals surface area contributed by atoms with Crippen LogP contribution in [0.2, 0.25) is 0 Å². The summed E-state index contributed by atoms with van der Waals surface area (Å²) in [4.78, 5) is 2.70. The first-order valence-electron chi connectivity index (χ1n) is 6.20. The van der Waals surface area contributed by atoms with Crippen molar-refractivity contribution in [3.63, 3.8) is 0 Å². The van der Waals surface area contributed by atoms with E-state index in [9.17, 15) is 4.21 Å². The van der Waals surface area contributed by atoms with Crippen LogP contribution in [0.4, 0.5) is 5.69 Å². The minimum atomic E-state index is -1.90. The normalized spacial score (nSPS) is 15.4. The fourth-order valence-corrected chi connectivity index (χ4v) is 2.88. The topological polar surface area (TPSA) is 40.5 Å². The molecule has 0 radical (unpaired) electrons. The van der Waals surface area contributed by atoms with Crippen LogP contribution in [0.25, 0.3) is 11.1 Å². The van der Waals surface area contributed by atoms with Gasteiger partial charge in [-0.25, -0.2) is 4.21 Å². The highest BCUT2D eigenvalue weighted by molar-refractivity contribution is 7.79. The summed E-state index contributed by atoms with van der Waals surface area (Å²) in [6, 6.07) is 13.6. The van der Waals surface area contributed by atoms with Crippen LogP contribution in [-0.2, 0) is 17.5 Å². The summed E-state index contributed by atoms with van der Waals surface area (Å²) in [6.45, 7) is 1.07. The molecule has 2 aromatic carbocycles. The van der Waals surface area contributed by atoms with Gasteiger partial charge in [0.15, 0.2) is 11.1 Å². The van der Waals surface area contributed by atoms with Crippen molar-refractivity contribution >= 4 is 16.8 Å². The van der Waals surface area contributed by atoms with Gasteiger partial charge in [0.1, 0.15) is 0 Å². The lowest BCUT2D eigenvalue weighted by Gasteiger charge is -2.12. The Bertz CT molecular complexity index is 637. The maximum Gasteiger partial charge on any atom is 0.186 e. The molecule has 1 unspecified atom stereocenters. The van der Waals surface area contributed by atoms with Crippen molar-refractivity contribution in [3.8, 4) is 11.1 Å². The summed E-state index contributed by atoms with van der Waals surface area (Å²) in [7, 11) is 2.11. The molecular weight excluding hydrogens is 258 g/mol. The maximum atomic E-state index is 10.9. The maximum absolute atomic E-state index is 10.9. The molecule has 98 valence electrons. The average Bonchev–Trinajstić information content (AvgIpc) is 2.80. The molecule has 0 amide bonds. The van der Waals surface area contributed by atoms with Crippen molar-refractivity contribution in [1.29, 1.82) is 0 Å². The van der Waals surface area contributed by atoms with E-state index >= 15 is 0 Å². The van der Waals surface area contributed by atoms with Crippen LogP contribution >= 0.6 is 0 Å².